The molecular formula is C3H5ClO3. The second kappa shape index (κ2) is 2.96. The van der Waals surface area contributed by atoms with Crippen molar-refractivity contribution < 1.29 is 15.0 Å². The van der Waals surface area contributed by atoms with Gasteiger partial charge in [-0.05, 0) is 0 Å². The maximum absolute atomic E-state index is 9.45. The summed E-state index contributed by atoms with van der Waals surface area (Å²) >= 11 is 4.80. The standard InChI is InChI=1S/C3H5ClO3/c4-3(7)2(6)1-5/h1-3,6-7H. The van der Waals surface area contributed by atoms with Crippen LogP contribution < -0.4 is 0 Å². The molecule has 0 aliphatic heterocycles. The van der Waals surface area contributed by atoms with E-state index in [2.05, 4.69) is 0 Å². The molecule has 0 bridgehead atoms. The number of alkyl halides is 1. The normalized spacial score (nSPS) is 18.1. The number of halogens is 1. The molecule has 0 amide bonds. The van der Waals surface area contributed by atoms with Gasteiger partial charge in [-0.25, -0.2) is 0 Å². The summed E-state index contributed by atoms with van der Waals surface area (Å²) in [6.45, 7) is 0. The molecule has 2 N–H and O–H groups in total. The molecule has 42 valence electrons. The number of carbonyl (C=O) groups excluding carboxylic acids is 1. The van der Waals surface area contributed by atoms with Crippen molar-refractivity contribution in [3.63, 3.8) is 0 Å². The zero-order valence-electron chi connectivity index (χ0n) is 3.41. The van der Waals surface area contributed by atoms with Crippen molar-refractivity contribution >= 4 is 17.9 Å². The van der Waals surface area contributed by atoms with Gasteiger partial charge >= 0.3 is 0 Å². The van der Waals surface area contributed by atoms with Gasteiger partial charge in [-0.3, -0.25) is 0 Å². The molecule has 0 aliphatic carbocycles. The third kappa shape index (κ3) is 2.56. The first-order valence-corrected chi connectivity index (χ1v) is 2.07. The van der Waals surface area contributed by atoms with Crippen LogP contribution in [0.2, 0.25) is 0 Å². The first kappa shape index (κ1) is 6.88. The molecule has 0 aromatic rings. The molecule has 3 nitrogen and oxygen atoms in total. The Morgan fingerprint density at radius 3 is 2.00 bits per heavy atom. The number of aliphatic hydroxyl groups excluding tert-OH is 2. The predicted molar refractivity (Wildman–Crippen MR) is 23.9 cm³/mol. The third-order valence-corrected chi connectivity index (χ3v) is 0.679. The van der Waals surface area contributed by atoms with E-state index in [0.29, 0.717) is 0 Å². The lowest BCUT2D eigenvalue weighted by Gasteiger charge is -1.99. The molecular weight excluding hydrogens is 119 g/mol. The summed E-state index contributed by atoms with van der Waals surface area (Å²) in [5, 5.41) is 16.3. The van der Waals surface area contributed by atoms with Gasteiger partial charge < -0.3 is 15.0 Å². The molecule has 0 radical (unpaired) electrons. The Hall–Kier alpha value is -0.120. The zero-order chi connectivity index (χ0) is 5.86. The molecule has 0 aliphatic rings. The average Bonchev–Trinajstić information content (AvgIpc) is 1.65. The van der Waals surface area contributed by atoms with E-state index in [1.165, 1.54) is 0 Å². The average molecular weight is 125 g/mol. The fourth-order valence-electron chi connectivity index (χ4n) is 0.0648. The van der Waals surface area contributed by atoms with Gasteiger partial charge in [-0.2, -0.15) is 0 Å². The molecule has 0 spiro atoms. The molecule has 0 rings (SSSR count). The van der Waals surface area contributed by atoms with Crippen LogP contribution in [0.15, 0.2) is 0 Å². The molecule has 0 fully saturated rings. The minimum absolute atomic E-state index is 0.164. The summed E-state index contributed by atoms with van der Waals surface area (Å²) in [5.74, 6) is 0. The lowest BCUT2D eigenvalue weighted by molar-refractivity contribution is -0.117. The summed E-state index contributed by atoms with van der Waals surface area (Å²) < 4.78 is 0. The van der Waals surface area contributed by atoms with Crippen LogP contribution in [0.25, 0.3) is 0 Å². The number of aldehydes is 1. The number of aliphatic hydroxyl groups is 2. The fraction of sp³-hybridized carbons (Fsp3) is 0.667. The van der Waals surface area contributed by atoms with E-state index in [1.54, 1.807) is 0 Å². The van der Waals surface area contributed by atoms with E-state index in [9.17, 15) is 4.79 Å². The third-order valence-electron chi connectivity index (χ3n) is 0.421. The summed E-state index contributed by atoms with van der Waals surface area (Å²) in [5.41, 5.74) is -1.47. The van der Waals surface area contributed by atoms with E-state index < -0.39 is 11.7 Å². The number of hydrogen-bond acceptors (Lipinski definition) is 3. The molecule has 0 aromatic heterocycles. The van der Waals surface area contributed by atoms with E-state index >= 15 is 0 Å². The zero-order valence-corrected chi connectivity index (χ0v) is 4.17. The van der Waals surface area contributed by atoms with Crippen LogP contribution in [0.4, 0.5) is 0 Å². The van der Waals surface area contributed by atoms with Crippen molar-refractivity contribution in [1.82, 2.24) is 0 Å². The first-order chi connectivity index (χ1) is 3.18. The van der Waals surface area contributed by atoms with Gasteiger partial charge in [-0.15, -0.1) is 0 Å². The minimum atomic E-state index is -1.47. The highest BCUT2D eigenvalue weighted by Crippen LogP contribution is 1.92. The molecule has 4 heteroatoms. The Bertz CT molecular complexity index is 63.2. The van der Waals surface area contributed by atoms with Gasteiger partial charge in [0.1, 0.15) is 6.10 Å². The van der Waals surface area contributed by atoms with E-state index in [0.717, 1.165) is 0 Å². The van der Waals surface area contributed by atoms with E-state index in [4.69, 9.17) is 21.8 Å². The highest BCUT2D eigenvalue weighted by molar-refractivity contribution is 6.20. The second-order valence-electron chi connectivity index (χ2n) is 0.999. The molecule has 2 unspecified atom stereocenters. The maximum Gasteiger partial charge on any atom is 0.160 e. The van der Waals surface area contributed by atoms with Gasteiger partial charge in [0.15, 0.2) is 11.8 Å². The van der Waals surface area contributed by atoms with Gasteiger partial charge in [0.05, 0.1) is 0 Å². The Morgan fingerprint density at radius 2 is 2.00 bits per heavy atom. The number of rotatable bonds is 2. The van der Waals surface area contributed by atoms with Gasteiger partial charge in [0, 0.05) is 0 Å². The summed E-state index contributed by atoms with van der Waals surface area (Å²) in [7, 11) is 0. The fourth-order valence-corrected chi connectivity index (χ4v) is 0.124. The Kier molecular flexibility index (Phi) is 2.91. The molecule has 0 aromatic carbocycles. The SMILES string of the molecule is O=CC(O)C(O)Cl. The van der Waals surface area contributed by atoms with Crippen molar-refractivity contribution in [3.05, 3.63) is 0 Å². The van der Waals surface area contributed by atoms with Crippen LogP contribution in [0.3, 0.4) is 0 Å². The quantitative estimate of drug-likeness (QED) is 0.371. The van der Waals surface area contributed by atoms with Crippen LogP contribution in [0.1, 0.15) is 0 Å². The molecule has 0 heterocycles. The maximum atomic E-state index is 9.45. The van der Waals surface area contributed by atoms with Crippen molar-refractivity contribution in [1.29, 1.82) is 0 Å². The number of carbonyl (C=O) groups is 1. The van der Waals surface area contributed by atoms with Crippen molar-refractivity contribution in [2.45, 2.75) is 11.7 Å². The van der Waals surface area contributed by atoms with Crippen molar-refractivity contribution in [2.24, 2.45) is 0 Å². The summed E-state index contributed by atoms with van der Waals surface area (Å²) in [4.78, 5) is 9.45. The highest BCUT2D eigenvalue weighted by Gasteiger charge is 2.09. The summed E-state index contributed by atoms with van der Waals surface area (Å²) in [6.07, 6.45) is -1.29. The van der Waals surface area contributed by atoms with Crippen LogP contribution >= 0.6 is 11.6 Å². The predicted octanol–water partition coefficient (Wildman–Crippen LogP) is -0.897. The van der Waals surface area contributed by atoms with Crippen LogP contribution in [-0.4, -0.2) is 28.2 Å². The van der Waals surface area contributed by atoms with Crippen LogP contribution in [0.5, 0.6) is 0 Å². The van der Waals surface area contributed by atoms with Gasteiger partial charge in [0.25, 0.3) is 0 Å². The smallest absolute Gasteiger partial charge is 0.160 e. The molecule has 2 atom stereocenters. The van der Waals surface area contributed by atoms with Crippen LogP contribution in [0, 0.1) is 0 Å². The minimum Gasteiger partial charge on any atom is -0.382 e. The molecule has 0 saturated heterocycles. The topological polar surface area (TPSA) is 57.5 Å². The monoisotopic (exact) mass is 124 g/mol. The lowest BCUT2D eigenvalue weighted by atomic mass is 10.4. The Balaban J connectivity index is 3.33. The number of hydrogen-bond donors (Lipinski definition) is 2. The largest absolute Gasteiger partial charge is 0.382 e. The van der Waals surface area contributed by atoms with Crippen LogP contribution in [-0.2, 0) is 4.79 Å². The first-order valence-electron chi connectivity index (χ1n) is 1.64. The Labute approximate surface area is 45.5 Å². The van der Waals surface area contributed by atoms with E-state index in [1.807, 2.05) is 0 Å². The summed E-state index contributed by atoms with van der Waals surface area (Å²) in [6, 6.07) is 0. The second-order valence-corrected chi connectivity index (χ2v) is 1.45. The van der Waals surface area contributed by atoms with Gasteiger partial charge in [-0.1, -0.05) is 11.6 Å². The van der Waals surface area contributed by atoms with E-state index in [-0.39, 0.29) is 6.29 Å². The lowest BCUT2D eigenvalue weighted by Crippen LogP contribution is -2.20. The molecule has 0 saturated carbocycles. The Morgan fingerprint density at radius 1 is 1.57 bits per heavy atom. The molecule has 7 heavy (non-hydrogen) atoms. The van der Waals surface area contributed by atoms with Crippen molar-refractivity contribution in [3.8, 4) is 0 Å². The highest BCUT2D eigenvalue weighted by atomic mass is 35.5. The van der Waals surface area contributed by atoms with Crippen molar-refractivity contribution in [2.75, 3.05) is 0 Å². The van der Waals surface area contributed by atoms with Gasteiger partial charge in [0.2, 0.25) is 0 Å².